The molecule has 0 saturated heterocycles. The predicted octanol–water partition coefficient (Wildman–Crippen LogP) is 3.51. The Kier molecular flexibility index (Phi) is 3.90. The second kappa shape index (κ2) is 5.83. The highest BCUT2D eigenvalue weighted by atomic mass is 19.3. The van der Waals surface area contributed by atoms with Crippen LogP contribution in [0.2, 0.25) is 0 Å². The Balaban J connectivity index is 1.64. The van der Waals surface area contributed by atoms with Gasteiger partial charge in [-0.25, -0.2) is 4.68 Å². The van der Waals surface area contributed by atoms with Crippen molar-refractivity contribution < 1.29 is 8.78 Å². The zero-order chi connectivity index (χ0) is 14.8. The monoisotopic (exact) mass is 295 g/mol. The number of nitrogens with zero attached hydrogens (tertiary/aromatic N) is 4. The molecule has 0 bridgehead atoms. The minimum absolute atomic E-state index is 0.448. The Labute approximate surface area is 121 Å². The molecule has 1 aliphatic rings. The van der Waals surface area contributed by atoms with E-state index in [0.29, 0.717) is 23.1 Å². The van der Waals surface area contributed by atoms with E-state index in [1.165, 1.54) is 31.9 Å². The molecule has 0 spiro atoms. The highest BCUT2D eigenvalue weighted by molar-refractivity contribution is 5.34. The molecule has 2 aromatic rings. The molecule has 0 radical (unpaired) electrons. The first-order chi connectivity index (χ1) is 10.1. The van der Waals surface area contributed by atoms with E-state index in [-0.39, 0.29) is 0 Å². The lowest BCUT2D eigenvalue weighted by atomic mass is 10.2. The highest BCUT2D eigenvalue weighted by Crippen LogP contribution is 2.29. The molecular formula is C14H19F2N5. The van der Waals surface area contributed by atoms with E-state index in [9.17, 15) is 8.78 Å². The summed E-state index contributed by atoms with van der Waals surface area (Å²) in [5, 5.41) is 11.4. The molecule has 114 valence electrons. The van der Waals surface area contributed by atoms with E-state index in [4.69, 9.17) is 0 Å². The standard InChI is InChI=1S/C14H19F2N5/c1-10-11(9-21(18-10)12-4-2-3-5-12)8-17-13-6-7-20(19-13)14(15)16/h6-7,9,12,14H,2-5,8H2,1H3,(H,17,19). The molecule has 1 fully saturated rings. The Bertz CT molecular complexity index is 598. The third-order valence-corrected chi connectivity index (χ3v) is 3.99. The molecule has 2 aromatic heterocycles. The lowest BCUT2D eigenvalue weighted by Crippen LogP contribution is -2.05. The SMILES string of the molecule is Cc1nn(C2CCCC2)cc1CNc1ccn(C(F)F)n1. The molecule has 0 atom stereocenters. The average molecular weight is 295 g/mol. The molecule has 2 heterocycles. The topological polar surface area (TPSA) is 47.7 Å². The van der Waals surface area contributed by atoms with E-state index in [1.54, 1.807) is 6.07 Å². The normalized spacial score (nSPS) is 16.0. The van der Waals surface area contributed by atoms with Crippen LogP contribution < -0.4 is 5.32 Å². The van der Waals surface area contributed by atoms with Gasteiger partial charge in [-0.15, -0.1) is 0 Å². The lowest BCUT2D eigenvalue weighted by molar-refractivity contribution is 0.0569. The second-order valence-electron chi connectivity index (χ2n) is 5.47. The van der Waals surface area contributed by atoms with Gasteiger partial charge in [0.05, 0.1) is 11.7 Å². The average Bonchev–Trinajstić information content (AvgIpc) is 3.17. The van der Waals surface area contributed by atoms with Gasteiger partial charge in [-0.1, -0.05) is 12.8 Å². The zero-order valence-corrected chi connectivity index (χ0v) is 12.0. The molecule has 7 heteroatoms. The van der Waals surface area contributed by atoms with E-state index in [1.807, 2.05) is 6.92 Å². The van der Waals surface area contributed by atoms with Gasteiger partial charge in [-0.3, -0.25) is 4.68 Å². The van der Waals surface area contributed by atoms with Gasteiger partial charge in [0.1, 0.15) is 5.82 Å². The van der Waals surface area contributed by atoms with E-state index in [0.717, 1.165) is 11.3 Å². The highest BCUT2D eigenvalue weighted by Gasteiger charge is 2.18. The largest absolute Gasteiger partial charge is 0.364 e. The van der Waals surface area contributed by atoms with Crippen LogP contribution in [0, 0.1) is 6.92 Å². The molecule has 0 aliphatic heterocycles. The number of aromatic nitrogens is 4. The molecule has 3 rings (SSSR count). The summed E-state index contributed by atoms with van der Waals surface area (Å²) in [5.74, 6) is 0.448. The minimum atomic E-state index is -2.60. The van der Waals surface area contributed by atoms with Gasteiger partial charge in [0.15, 0.2) is 0 Å². The first kappa shape index (κ1) is 14.0. The molecule has 1 aliphatic carbocycles. The van der Waals surface area contributed by atoms with Gasteiger partial charge in [-0.2, -0.15) is 19.0 Å². The van der Waals surface area contributed by atoms with Crippen molar-refractivity contribution in [3.8, 4) is 0 Å². The quantitative estimate of drug-likeness (QED) is 0.918. The van der Waals surface area contributed by atoms with Gasteiger partial charge in [0.25, 0.3) is 0 Å². The van der Waals surface area contributed by atoms with Crippen LogP contribution in [0.1, 0.15) is 49.5 Å². The van der Waals surface area contributed by atoms with Crippen LogP contribution in [0.5, 0.6) is 0 Å². The van der Waals surface area contributed by atoms with Gasteiger partial charge in [0.2, 0.25) is 0 Å². The van der Waals surface area contributed by atoms with Crippen LogP contribution >= 0.6 is 0 Å². The fourth-order valence-corrected chi connectivity index (χ4v) is 2.78. The van der Waals surface area contributed by atoms with E-state index in [2.05, 4.69) is 26.4 Å². The summed E-state index contributed by atoms with van der Waals surface area (Å²) in [4.78, 5) is 0. The van der Waals surface area contributed by atoms with Crippen LogP contribution in [0.4, 0.5) is 14.6 Å². The molecular weight excluding hydrogens is 276 g/mol. The third kappa shape index (κ3) is 3.06. The number of aryl methyl sites for hydroxylation is 1. The number of nitrogens with one attached hydrogen (secondary N) is 1. The van der Waals surface area contributed by atoms with Gasteiger partial charge >= 0.3 is 6.55 Å². The number of hydrogen-bond acceptors (Lipinski definition) is 3. The Morgan fingerprint density at radius 3 is 2.76 bits per heavy atom. The first-order valence-corrected chi connectivity index (χ1v) is 7.25. The molecule has 0 unspecified atom stereocenters. The van der Waals surface area contributed by atoms with Crippen molar-refractivity contribution in [3.63, 3.8) is 0 Å². The van der Waals surface area contributed by atoms with Crippen molar-refractivity contribution in [2.24, 2.45) is 0 Å². The fourth-order valence-electron chi connectivity index (χ4n) is 2.78. The molecule has 1 N–H and O–H groups in total. The van der Waals surface area contributed by atoms with Crippen LogP contribution in [0.25, 0.3) is 0 Å². The van der Waals surface area contributed by atoms with Crippen molar-refractivity contribution in [1.82, 2.24) is 19.6 Å². The van der Waals surface area contributed by atoms with Crippen molar-refractivity contribution in [2.45, 2.75) is 51.7 Å². The summed E-state index contributed by atoms with van der Waals surface area (Å²) in [6.07, 6.45) is 8.23. The summed E-state index contributed by atoms with van der Waals surface area (Å²) in [6.45, 7) is -0.0913. The van der Waals surface area contributed by atoms with Crippen LogP contribution in [-0.2, 0) is 6.54 Å². The Morgan fingerprint density at radius 1 is 1.33 bits per heavy atom. The molecule has 1 saturated carbocycles. The third-order valence-electron chi connectivity index (χ3n) is 3.99. The first-order valence-electron chi connectivity index (χ1n) is 7.25. The van der Waals surface area contributed by atoms with Gasteiger partial charge in [0, 0.05) is 30.6 Å². The maximum Gasteiger partial charge on any atom is 0.333 e. The van der Waals surface area contributed by atoms with Crippen molar-refractivity contribution in [1.29, 1.82) is 0 Å². The van der Waals surface area contributed by atoms with E-state index >= 15 is 0 Å². The number of anilines is 1. The minimum Gasteiger partial charge on any atom is -0.364 e. The smallest absolute Gasteiger partial charge is 0.333 e. The number of halogens is 2. The van der Waals surface area contributed by atoms with Crippen LogP contribution in [0.15, 0.2) is 18.5 Å². The summed E-state index contributed by atoms with van der Waals surface area (Å²) < 4.78 is 27.6. The summed E-state index contributed by atoms with van der Waals surface area (Å²) in [5.41, 5.74) is 2.05. The maximum atomic E-state index is 12.4. The number of hydrogen-bond donors (Lipinski definition) is 1. The molecule has 0 aromatic carbocycles. The molecule has 21 heavy (non-hydrogen) atoms. The second-order valence-corrected chi connectivity index (χ2v) is 5.47. The van der Waals surface area contributed by atoms with Crippen molar-refractivity contribution in [3.05, 3.63) is 29.7 Å². The van der Waals surface area contributed by atoms with Gasteiger partial charge in [-0.05, 0) is 19.8 Å². The van der Waals surface area contributed by atoms with Gasteiger partial charge < -0.3 is 5.32 Å². The maximum absolute atomic E-state index is 12.4. The van der Waals surface area contributed by atoms with E-state index < -0.39 is 6.55 Å². The Morgan fingerprint density at radius 2 is 2.10 bits per heavy atom. The summed E-state index contributed by atoms with van der Waals surface area (Å²) >= 11 is 0. The Hall–Kier alpha value is -1.92. The predicted molar refractivity (Wildman–Crippen MR) is 75.3 cm³/mol. The molecule has 0 amide bonds. The van der Waals surface area contributed by atoms with Crippen LogP contribution in [-0.4, -0.2) is 19.6 Å². The van der Waals surface area contributed by atoms with Crippen molar-refractivity contribution >= 4 is 5.82 Å². The fraction of sp³-hybridized carbons (Fsp3) is 0.571. The number of alkyl halides is 2. The van der Waals surface area contributed by atoms with Crippen LogP contribution in [0.3, 0.4) is 0 Å². The van der Waals surface area contributed by atoms with Crippen molar-refractivity contribution in [2.75, 3.05) is 5.32 Å². The zero-order valence-electron chi connectivity index (χ0n) is 12.0. The summed E-state index contributed by atoms with van der Waals surface area (Å²) in [7, 11) is 0. The molecule has 5 nitrogen and oxygen atoms in total. The lowest BCUT2D eigenvalue weighted by Gasteiger charge is -2.08. The number of rotatable bonds is 5. The summed E-state index contributed by atoms with van der Waals surface area (Å²) in [6, 6.07) is 2.05.